The molecule has 2 unspecified atom stereocenters. The maximum absolute atomic E-state index is 14.7. The molecule has 1 amide bonds. The van der Waals surface area contributed by atoms with Crippen LogP contribution in [0.25, 0.3) is 0 Å². The zero-order valence-corrected chi connectivity index (χ0v) is 16.2. The summed E-state index contributed by atoms with van der Waals surface area (Å²) in [5, 5.41) is 2.14. The number of carbonyl (C=O) groups is 1. The minimum Gasteiger partial charge on any atom is -0.357 e. The van der Waals surface area contributed by atoms with Crippen molar-refractivity contribution in [2.75, 3.05) is 29.4 Å². The second-order valence-electron chi connectivity index (χ2n) is 6.87. The maximum atomic E-state index is 14.7. The quantitative estimate of drug-likeness (QED) is 0.738. The summed E-state index contributed by atoms with van der Waals surface area (Å²) < 4.78 is 14.7. The highest BCUT2D eigenvalue weighted by molar-refractivity contribution is 8.15. The van der Waals surface area contributed by atoms with E-state index < -0.39 is 5.95 Å². The largest absolute Gasteiger partial charge is 0.357 e. The van der Waals surface area contributed by atoms with Crippen LogP contribution in [0.3, 0.4) is 0 Å². The fraction of sp³-hybridized carbons (Fsp3) is 0.444. The number of nitrogens with zero attached hydrogens (tertiary/aromatic N) is 5. The maximum Gasteiger partial charge on any atom is 0.243 e. The van der Waals surface area contributed by atoms with Gasteiger partial charge in [-0.25, -0.2) is 9.97 Å². The average molecular weight is 404 g/mol. The number of pyridine rings is 1. The van der Waals surface area contributed by atoms with E-state index in [9.17, 15) is 9.18 Å². The number of fused-ring (bicyclic) bond motifs is 1. The van der Waals surface area contributed by atoms with Crippen LogP contribution in [0.4, 0.5) is 16.0 Å². The van der Waals surface area contributed by atoms with Gasteiger partial charge in [0.05, 0.1) is 17.1 Å². The summed E-state index contributed by atoms with van der Waals surface area (Å²) in [5.41, 5.74) is 2.12. The fourth-order valence-corrected chi connectivity index (χ4v) is 5.65. The molecule has 6 nitrogen and oxygen atoms in total. The zero-order valence-electron chi connectivity index (χ0n) is 14.5. The smallest absolute Gasteiger partial charge is 0.243 e. The van der Waals surface area contributed by atoms with E-state index in [0.29, 0.717) is 28.8 Å². The number of hydrogen-bond acceptors (Lipinski definition) is 7. The van der Waals surface area contributed by atoms with E-state index >= 15 is 0 Å². The molecule has 0 N–H and O–H groups in total. The van der Waals surface area contributed by atoms with Gasteiger partial charge in [-0.3, -0.25) is 14.7 Å². The van der Waals surface area contributed by atoms with Gasteiger partial charge < -0.3 is 4.90 Å². The van der Waals surface area contributed by atoms with Crippen molar-refractivity contribution in [3.63, 3.8) is 0 Å². The van der Waals surface area contributed by atoms with E-state index in [2.05, 4.69) is 19.9 Å². The Morgan fingerprint density at radius 2 is 2.00 bits per heavy atom. The number of halogens is 1. The molecule has 0 aromatic carbocycles. The first-order chi connectivity index (χ1) is 13.2. The molecule has 140 valence electrons. The Hall–Kier alpha value is -2.00. The molecule has 27 heavy (non-hydrogen) atoms. The second kappa shape index (κ2) is 6.87. The lowest BCUT2D eigenvalue weighted by Gasteiger charge is -2.31. The van der Waals surface area contributed by atoms with Crippen LogP contribution in [0.15, 0.2) is 28.0 Å². The highest BCUT2D eigenvalue weighted by Crippen LogP contribution is 2.38. The molecule has 2 saturated heterocycles. The van der Waals surface area contributed by atoms with Crippen LogP contribution >= 0.6 is 23.1 Å². The van der Waals surface area contributed by atoms with Gasteiger partial charge in [0.2, 0.25) is 11.9 Å². The van der Waals surface area contributed by atoms with Gasteiger partial charge in [0.25, 0.3) is 0 Å². The van der Waals surface area contributed by atoms with E-state index in [4.69, 9.17) is 0 Å². The third-order valence-corrected chi connectivity index (χ3v) is 7.11. The first-order valence-corrected chi connectivity index (χ1v) is 10.9. The molecule has 3 aliphatic heterocycles. The molecule has 0 spiro atoms. The molecule has 3 aliphatic rings. The van der Waals surface area contributed by atoms with Crippen LogP contribution in [0.5, 0.6) is 0 Å². The summed E-state index contributed by atoms with van der Waals surface area (Å²) in [7, 11) is 0. The first kappa shape index (κ1) is 17.1. The average Bonchev–Trinajstić information content (AvgIpc) is 3.43. The highest BCUT2D eigenvalue weighted by Gasteiger charge is 2.43. The van der Waals surface area contributed by atoms with Crippen molar-refractivity contribution in [3.8, 4) is 0 Å². The summed E-state index contributed by atoms with van der Waals surface area (Å²) in [4.78, 5) is 29.7. The van der Waals surface area contributed by atoms with Crippen molar-refractivity contribution in [2.45, 2.75) is 30.6 Å². The number of hydrogen-bond donors (Lipinski definition) is 0. The number of amides is 1. The number of thioether (sulfide) groups is 1. The van der Waals surface area contributed by atoms with Crippen LogP contribution in [0, 0.1) is 5.95 Å². The third-order valence-electron chi connectivity index (χ3n) is 5.22. The Kier molecular flexibility index (Phi) is 4.35. The van der Waals surface area contributed by atoms with Crippen LogP contribution in [-0.2, 0) is 4.79 Å². The van der Waals surface area contributed by atoms with Gasteiger partial charge in [-0.05, 0) is 31.4 Å². The first-order valence-electron chi connectivity index (χ1n) is 9.06. The summed E-state index contributed by atoms with van der Waals surface area (Å²) in [6, 6.07) is 3.50. The Balaban J connectivity index is 1.36. The standard InChI is InChI=1S/C18H18FN5OS2/c19-16-11(3-4-13(22-16)23-6-1-2-7-23)17-21-12-5-8-24(14-9-26-10-20-14)18(25)15(12)27-17/h3-4,9-10,12,15H,1-2,5-8H2. The van der Waals surface area contributed by atoms with Crippen molar-refractivity contribution in [3.05, 3.63) is 34.5 Å². The van der Waals surface area contributed by atoms with Gasteiger partial charge in [-0.1, -0.05) is 11.8 Å². The Morgan fingerprint density at radius 1 is 1.15 bits per heavy atom. The number of carbonyl (C=O) groups excluding carboxylic acids is 1. The molecule has 0 bridgehead atoms. The molecule has 2 aromatic heterocycles. The van der Waals surface area contributed by atoms with E-state index in [1.165, 1.54) is 23.1 Å². The monoisotopic (exact) mass is 403 g/mol. The number of thiazole rings is 1. The third kappa shape index (κ3) is 3.02. The molecule has 2 aromatic rings. The number of rotatable bonds is 3. The van der Waals surface area contributed by atoms with Crippen molar-refractivity contribution in [1.82, 2.24) is 9.97 Å². The second-order valence-corrected chi connectivity index (χ2v) is 8.72. The molecular formula is C18H18FN5OS2. The highest BCUT2D eigenvalue weighted by atomic mass is 32.2. The predicted molar refractivity (Wildman–Crippen MR) is 106 cm³/mol. The van der Waals surface area contributed by atoms with E-state index in [1.807, 2.05) is 11.4 Å². The molecule has 5 rings (SSSR count). The molecule has 9 heteroatoms. The number of anilines is 2. The summed E-state index contributed by atoms with van der Waals surface area (Å²) in [6.45, 7) is 2.44. The summed E-state index contributed by atoms with van der Waals surface area (Å²) in [5.74, 6) is 0.872. The minimum absolute atomic E-state index is 0.00274. The number of aliphatic imine (C=N–C) groups is 1. The van der Waals surface area contributed by atoms with Gasteiger partial charge in [0, 0.05) is 25.0 Å². The summed E-state index contributed by atoms with van der Waals surface area (Å²) in [6.07, 6.45) is 2.99. The zero-order chi connectivity index (χ0) is 18.4. The molecule has 5 heterocycles. The van der Waals surface area contributed by atoms with Crippen molar-refractivity contribution >= 4 is 45.7 Å². The Labute approximate surface area is 164 Å². The lowest BCUT2D eigenvalue weighted by Crippen LogP contribution is -2.48. The molecule has 0 saturated carbocycles. The van der Waals surface area contributed by atoms with Crippen LogP contribution in [-0.4, -0.2) is 51.8 Å². The summed E-state index contributed by atoms with van der Waals surface area (Å²) >= 11 is 2.82. The molecule has 2 atom stereocenters. The molecule has 0 radical (unpaired) electrons. The SMILES string of the molecule is O=C1C2SC(c3ccc(N4CCCC4)nc3F)=NC2CCN1c1cscn1. The minimum atomic E-state index is -0.506. The van der Waals surface area contributed by atoms with Crippen molar-refractivity contribution in [2.24, 2.45) is 4.99 Å². The van der Waals surface area contributed by atoms with Gasteiger partial charge >= 0.3 is 0 Å². The topological polar surface area (TPSA) is 61.7 Å². The Morgan fingerprint density at radius 3 is 2.74 bits per heavy atom. The van der Waals surface area contributed by atoms with Crippen molar-refractivity contribution < 1.29 is 9.18 Å². The van der Waals surface area contributed by atoms with E-state index in [0.717, 1.165) is 32.4 Å². The van der Waals surface area contributed by atoms with E-state index in [1.54, 1.807) is 16.5 Å². The van der Waals surface area contributed by atoms with Crippen LogP contribution in [0.2, 0.25) is 0 Å². The van der Waals surface area contributed by atoms with Crippen molar-refractivity contribution in [1.29, 1.82) is 0 Å². The number of piperidine rings is 1. The van der Waals surface area contributed by atoms with Gasteiger partial charge in [-0.15, -0.1) is 11.3 Å². The predicted octanol–water partition coefficient (Wildman–Crippen LogP) is 2.94. The Bertz CT molecular complexity index is 897. The van der Waals surface area contributed by atoms with Crippen LogP contribution < -0.4 is 9.80 Å². The molecule has 0 aliphatic carbocycles. The molecule has 2 fully saturated rings. The van der Waals surface area contributed by atoms with Gasteiger partial charge in [0.1, 0.15) is 21.9 Å². The normalized spacial score (nSPS) is 25.1. The van der Waals surface area contributed by atoms with Gasteiger partial charge in [0.15, 0.2) is 0 Å². The molecular weight excluding hydrogens is 385 g/mol. The van der Waals surface area contributed by atoms with Gasteiger partial charge in [-0.2, -0.15) is 4.39 Å². The number of aromatic nitrogens is 2. The van der Waals surface area contributed by atoms with E-state index in [-0.39, 0.29) is 17.2 Å². The van der Waals surface area contributed by atoms with Crippen LogP contribution in [0.1, 0.15) is 24.8 Å². The lowest BCUT2D eigenvalue weighted by molar-refractivity contribution is -0.119. The fourth-order valence-electron chi connectivity index (χ4n) is 3.81. The lowest BCUT2D eigenvalue weighted by atomic mass is 10.0.